The molecule has 2 aromatic carbocycles. The SMILES string of the molecule is CCCCN1C(=O)C(=C2Sc3ccccc3N2CC)SC1=NC(C)c1ccccc1. The van der Waals surface area contributed by atoms with Crippen LogP contribution in [-0.2, 0) is 4.79 Å². The number of carbonyl (C=O) groups excluding carboxylic acids is 1. The van der Waals surface area contributed by atoms with E-state index in [1.54, 1.807) is 11.8 Å². The van der Waals surface area contributed by atoms with Crippen LogP contribution in [0.2, 0.25) is 0 Å². The number of unbranched alkanes of at least 4 members (excludes halogenated alkanes) is 1. The number of amidine groups is 1. The van der Waals surface area contributed by atoms with Crippen LogP contribution in [0.25, 0.3) is 0 Å². The summed E-state index contributed by atoms with van der Waals surface area (Å²) >= 11 is 3.23. The molecule has 0 saturated carbocycles. The van der Waals surface area contributed by atoms with Gasteiger partial charge >= 0.3 is 0 Å². The maximum absolute atomic E-state index is 13.5. The summed E-state index contributed by atoms with van der Waals surface area (Å²) in [7, 11) is 0. The zero-order valence-electron chi connectivity index (χ0n) is 17.7. The lowest BCUT2D eigenvalue weighted by Gasteiger charge is -2.19. The van der Waals surface area contributed by atoms with Gasteiger partial charge in [-0.3, -0.25) is 14.7 Å². The molecule has 1 saturated heterocycles. The summed E-state index contributed by atoms with van der Waals surface area (Å²) in [4.78, 5) is 24.6. The van der Waals surface area contributed by atoms with Gasteiger partial charge in [-0.2, -0.15) is 0 Å². The summed E-state index contributed by atoms with van der Waals surface area (Å²) in [5.74, 6) is 0.0845. The first-order valence-electron chi connectivity index (χ1n) is 10.5. The number of hydrogen-bond donors (Lipinski definition) is 0. The van der Waals surface area contributed by atoms with Gasteiger partial charge < -0.3 is 4.90 Å². The van der Waals surface area contributed by atoms with Crippen LogP contribution in [0.1, 0.15) is 45.2 Å². The number of fused-ring (bicyclic) bond motifs is 1. The Kier molecular flexibility index (Phi) is 6.54. The fraction of sp³-hybridized carbons (Fsp3) is 0.333. The van der Waals surface area contributed by atoms with Crippen LogP contribution in [0.4, 0.5) is 5.69 Å². The van der Waals surface area contributed by atoms with E-state index in [2.05, 4.69) is 62.1 Å². The lowest BCUT2D eigenvalue weighted by Crippen LogP contribution is -2.31. The van der Waals surface area contributed by atoms with E-state index in [0.29, 0.717) is 6.54 Å². The van der Waals surface area contributed by atoms with E-state index in [0.717, 1.165) is 40.1 Å². The number of aliphatic imine (C=N–C) groups is 1. The Balaban J connectivity index is 1.70. The van der Waals surface area contributed by atoms with E-state index in [-0.39, 0.29) is 11.9 Å². The van der Waals surface area contributed by atoms with Crippen molar-refractivity contribution in [3.05, 3.63) is 70.1 Å². The number of thioether (sulfide) groups is 2. The van der Waals surface area contributed by atoms with Gasteiger partial charge in [0.25, 0.3) is 5.91 Å². The minimum Gasteiger partial charge on any atom is -0.334 e. The van der Waals surface area contributed by atoms with Crippen LogP contribution in [0.3, 0.4) is 0 Å². The molecule has 156 valence electrons. The number of anilines is 1. The van der Waals surface area contributed by atoms with Crippen molar-refractivity contribution in [3.8, 4) is 0 Å². The number of benzene rings is 2. The molecule has 1 fully saturated rings. The van der Waals surface area contributed by atoms with Crippen LogP contribution in [0, 0.1) is 0 Å². The molecule has 2 heterocycles. The molecule has 4 rings (SSSR count). The maximum atomic E-state index is 13.5. The lowest BCUT2D eigenvalue weighted by atomic mass is 10.1. The lowest BCUT2D eigenvalue weighted by molar-refractivity contribution is -0.122. The maximum Gasteiger partial charge on any atom is 0.269 e. The molecule has 0 aromatic heterocycles. The molecule has 0 radical (unpaired) electrons. The second-order valence-corrected chi connectivity index (χ2v) is 9.37. The molecule has 2 aromatic rings. The quantitative estimate of drug-likeness (QED) is 0.498. The fourth-order valence-electron chi connectivity index (χ4n) is 3.63. The average molecular weight is 438 g/mol. The normalized spacial score (nSPS) is 20.9. The van der Waals surface area contributed by atoms with E-state index < -0.39 is 0 Å². The first-order valence-corrected chi connectivity index (χ1v) is 12.2. The van der Waals surface area contributed by atoms with Crippen LogP contribution in [0.5, 0.6) is 0 Å². The van der Waals surface area contributed by atoms with Crippen molar-refractivity contribution in [2.24, 2.45) is 4.99 Å². The Hall–Kier alpha value is -2.18. The molecule has 0 aliphatic carbocycles. The summed E-state index contributed by atoms with van der Waals surface area (Å²) < 4.78 is 0. The number of rotatable bonds is 6. The Labute approximate surface area is 187 Å². The second-order valence-electron chi connectivity index (χ2n) is 7.36. The van der Waals surface area contributed by atoms with Crippen LogP contribution in [-0.4, -0.2) is 29.1 Å². The van der Waals surface area contributed by atoms with Crippen molar-refractivity contribution in [3.63, 3.8) is 0 Å². The Morgan fingerprint density at radius 3 is 2.43 bits per heavy atom. The van der Waals surface area contributed by atoms with Gasteiger partial charge in [-0.1, -0.05) is 67.6 Å². The highest BCUT2D eigenvalue weighted by molar-refractivity contribution is 8.19. The van der Waals surface area contributed by atoms with Crippen molar-refractivity contribution in [2.75, 3.05) is 18.0 Å². The predicted molar refractivity (Wildman–Crippen MR) is 129 cm³/mol. The molecule has 2 aliphatic heterocycles. The largest absolute Gasteiger partial charge is 0.334 e. The van der Waals surface area contributed by atoms with Crippen molar-refractivity contribution in [1.29, 1.82) is 0 Å². The van der Waals surface area contributed by atoms with Gasteiger partial charge in [0.05, 0.1) is 11.7 Å². The number of nitrogens with zero attached hydrogens (tertiary/aromatic N) is 3. The zero-order chi connectivity index (χ0) is 21.1. The van der Waals surface area contributed by atoms with E-state index in [1.807, 2.05) is 23.1 Å². The standard InChI is InChI=1S/C24H27N3OS2/c1-4-6-16-27-22(28)21(23-26(5-2)19-14-10-11-15-20(19)29-23)30-24(27)25-17(3)18-12-8-7-9-13-18/h7-15,17H,4-6,16H2,1-3H3. The smallest absolute Gasteiger partial charge is 0.269 e. The van der Waals surface area contributed by atoms with Gasteiger partial charge in [-0.05, 0) is 49.7 Å². The molecule has 0 spiro atoms. The minimum atomic E-state index is 0.00526. The number of para-hydroxylation sites is 1. The van der Waals surface area contributed by atoms with Crippen LogP contribution in [0.15, 0.2) is 74.4 Å². The first-order chi connectivity index (χ1) is 14.6. The van der Waals surface area contributed by atoms with E-state index in [1.165, 1.54) is 22.3 Å². The molecule has 6 heteroatoms. The van der Waals surface area contributed by atoms with Crippen molar-refractivity contribution in [2.45, 2.75) is 44.6 Å². The van der Waals surface area contributed by atoms with Gasteiger partial charge in [-0.25, -0.2) is 0 Å². The third kappa shape index (κ3) is 4.03. The van der Waals surface area contributed by atoms with Gasteiger partial charge in [0, 0.05) is 18.0 Å². The Morgan fingerprint density at radius 2 is 1.70 bits per heavy atom. The van der Waals surface area contributed by atoms with Gasteiger partial charge in [0.15, 0.2) is 5.17 Å². The topological polar surface area (TPSA) is 35.9 Å². The van der Waals surface area contributed by atoms with Crippen LogP contribution < -0.4 is 4.90 Å². The predicted octanol–water partition coefficient (Wildman–Crippen LogP) is 6.28. The molecule has 30 heavy (non-hydrogen) atoms. The molecule has 1 amide bonds. The summed E-state index contributed by atoms with van der Waals surface area (Å²) in [6.45, 7) is 7.92. The molecular formula is C24H27N3OS2. The van der Waals surface area contributed by atoms with Gasteiger partial charge in [-0.15, -0.1) is 0 Å². The third-order valence-corrected chi connectivity index (χ3v) is 7.70. The molecule has 0 bridgehead atoms. The molecular weight excluding hydrogens is 410 g/mol. The molecule has 2 aliphatic rings. The van der Waals surface area contributed by atoms with Crippen molar-refractivity contribution in [1.82, 2.24) is 4.90 Å². The van der Waals surface area contributed by atoms with E-state index in [9.17, 15) is 4.79 Å². The minimum absolute atomic E-state index is 0.00526. The number of hydrogen-bond acceptors (Lipinski definition) is 5. The highest BCUT2D eigenvalue weighted by Gasteiger charge is 2.39. The monoisotopic (exact) mass is 437 g/mol. The molecule has 1 atom stereocenters. The summed E-state index contributed by atoms with van der Waals surface area (Å²) in [6.07, 6.45) is 2.02. The third-order valence-electron chi connectivity index (χ3n) is 5.30. The zero-order valence-corrected chi connectivity index (χ0v) is 19.3. The summed E-state index contributed by atoms with van der Waals surface area (Å²) in [6, 6.07) is 18.6. The van der Waals surface area contributed by atoms with Crippen molar-refractivity contribution >= 4 is 40.3 Å². The summed E-state index contributed by atoms with van der Waals surface area (Å²) in [5, 5.41) is 1.85. The highest BCUT2D eigenvalue weighted by atomic mass is 32.2. The van der Waals surface area contributed by atoms with Gasteiger partial charge in [0.2, 0.25) is 0 Å². The van der Waals surface area contributed by atoms with Gasteiger partial charge in [0.1, 0.15) is 9.93 Å². The molecule has 1 unspecified atom stereocenters. The number of amides is 1. The second kappa shape index (κ2) is 9.31. The highest BCUT2D eigenvalue weighted by Crippen LogP contribution is 2.50. The van der Waals surface area contributed by atoms with E-state index in [4.69, 9.17) is 4.99 Å². The number of carbonyl (C=O) groups is 1. The average Bonchev–Trinajstić information content (AvgIpc) is 3.29. The van der Waals surface area contributed by atoms with Crippen molar-refractivity contribution < 1.29 is 4.79 Å². The molecule has 4 nitrogen and oxygen atoms in total. The van der Waals surface area contributed by atoms with Crippen LogP contribution >= 0.6 is 23.5 Å². The Bertz CT molecular complexity index is 987. The molecule has 0 N–H and O–H groups in total. The Morgan fingerprint density at radius 1 is 0.967 bits per heavy atom. The fourth-order valence-corrected chi connectivity index (χ4v) is 6.11. The van der Waals surface area contributed by atoms with E-state index >= 15 is 0 Å². The summed E-state index contributed by atoms with van der Waals surface area (Å²) in [5.41, 5.74) is 2.34. The first kappa shape index (κ1) is 21.1.